The minimum absolute atomic E-state index is 0.0299. The van der Waals surface area contributed by atoms with E-state index >= 15 is 0 Å². The molecule has 1 aromatic heterocycles. The predicted molar refractivity (Wildman–Crippen MR) is 91.3 cm³/mol. The summed E-state index contributed by atoms with van der Waals surface area (Å²) in [6.45, 7) is 1.55. The quantitative estimate of drug-likeness (QED) is 0.844. The number of sulfonamides is 1. The largest absolute Gasteiger partial charge is 0.339 e. The Morgan fingerprint density at radius 1 is 1.09 bits per heavy atom. The Hall–Kier alpha value is -0.920. The summed E-state index contributed by atoms with van der Waals surface area (Å²) in [6, 6.07) is 1.56. The van der Waals surface area contributed by atoms with Crippen molar-refractivity contribution in [2.75, 3.05) is 13.1 Å². The van der Waals surface area contributed by atoms with Gasteiger partial charge in [-0.05, 0) is 31.7 Å². The van der Waals surface area contributed by atoms with Crippen molar-refractivity contribution in [2.24, 2.45) is 0 Å². The molecular formula is C16H24N2O3S2. The molecule has 0 bridgehead atoms. The summed E-state index contributed by atoms with van der Waals surface area (Å²) in [5, 5.41) is 1.67. The van der Waals surface area contributed by atoms with Crippen molar-refractivity contribution in [2.45, 2.75) is 61.6 Å². The van der Waals surface area contributed by atoms with E-state index in [1.54, 1.807) is 10.3 Å². The lowest BCUT2D eigenvalue weighted by Gasteiger charge is -2.15. The first kappa shape index (κ1) is 16.9. The van der Waals surface area contributed by atoms with Crippen molar-refractivity contribution in [3.8, 4) is 0 Å². The number of carbonyl (C=O) groups excluding carboxylic acids is 1. The molecule has 1 aromatic rings. The number of hydrogen-bond acceptors (Lipinski definition) is 4. The molecule has 1 amide bonds. The smallest absolute Gasteiger partial charge is 0.254 e. The van der Waals surface area contributed by atoms with Crippen LogP contribution < -0.4 is 4.72 Å². The SMILES string of the molecule is O=C(c1csc(S(=O)(=O)NC2CCCCCC2)c1)N1CCCC1. The van der Waals surface area contributed by atoms with Crippen molar-refractivity contribution in [3.63, 3.8) is 0 Å². The molecule has 5 nitrogen and oxygen atoms in total. The Morgan fingerprint density at radius 2 is 1.74 bits per heavy atom. The fraction of sp³-hybridized carbons (Fsp3) is 0.688. The molecule has 1 saturated heterocycles. The standard InChI is InChI=1S/C16H24N2O3S2/c19-16(18-9-5-6-10-18)13-11-15(22-12-13)23(20,21)17-14-7-3-1-2-4-8-14/h11-12,14,17H,1-10H2. The van der Waals surface area contributed by atoms with E-state index in [1.165, 1.54) is 18.9 Å². The molecule has 3 rings (SSSR count). The first-order chi connectivity index (χ1) is 11.1. The van der Waals surface area contributed by atoms with E-state index in [0.717, 1.165) is 63.0 Å². The normalized spacial score (nSPS) is 20.6. The Kier molecular flexibility index (Phi) is 5.38. The lowest BCUT2D eigenvalue weighted by molar-refractivity contribution is 0.0793. The molecule has 7 heteroatoms. The second kappa shape index (κ2) is 7.32. The van der Waals surface area contributed by atoms with Crippen LogP contribution in [0.4, 0.5) is 0 Å². The van der Waals surface area contributed by atoms with Crippen LogP contribution in [-0.2, 0) is 10.0 Å². The maximum atomic E-state index is 12.5. The zero-order valence-electron chi connectivity index (χ0n) is 13.3. The molecule has 2 aliphatic rings. The molecule has 1 aliphatic carbocycles. The van der Waals surface area contributed by atoms with Crippen LogP contribution in [0, 0.1) is 0 Å². The number of nitrogens with one attached hydrogen (secondary N) is 1. The number of likely N-dealkylation sites (tertiary alicyclic amines) is 1. The number of thiophene rings is 1. The number of carbonyl (C=O) groups is 1. The predicted octanol–water partition coefficient (Wildman–Crippen LogP) is 2.99. The third kappa shape index (κ3) is 4.14. The number of hydrogen-bond donors (Lipinski definition) is 1. The van der Waals surface area contributed by atoms with Gasteiger partial charge in [0.25, 0.3) is 5.91 Å². The highest BCUT2D eigenvalue weighted by atomic mass is 32.2. The highest BCUT2D eigenvalue weighted by molar-refractivity contribution is 7.91. The van der Waals surface area contributed by atoms with Crippen molar-refractivity contribution >= 4 is 27.3 Å². The van der Waals surface area contributed by atoms with Gasteiger partial charge in [-0.15, -0.1) is 11.3 Å². The summed E-state index contributed by atoms with van der Waals surface area (Å²) < 4.78 is 28.2. The monoisotopic (exact) mass is 356 g/mol. The molecule has 23 heavy (non-hydrogen) atoms. The molecular weight excluding hydrogens is 332 g/mol. The second-order valence-corrected chi connectivity index (χ2v) is 9.32. The molecule has 0 atom stereocenters. The van der Waals surface area contributed by atoms with E-state index in [9.17, 15) is 13.2 Å². The Labute approximate surface area is 142 Å². The first-order valence-electron chi connectivity index (χ1n) is 8.46. The van der Waals surface area contributed by atoms with E-state index in [2.05, 4.69) is 4.72 Å². The molecule has 0 unspecified atom stereocenters. The maximum absolute atomic E-state index is 12.5. The van der Waals surface area contributed by atoms with Gasteiger partial charge in [0, 0.05) is 24.5 Å². The molecule has 1 N–H and O–H groups in total. The van der Waals surface area contributed by atoms with Crippen LogP contribution in [0.25, 0.3) is 0 Å². The van der Waals surface area contributed by atoms with Crippen LogP contribution in [0.3, 0.4) is 0 Å². The third-order valence-electron chi connectivity index (χ3n) is 4.66. The van der Waals surface area contributed by atoms with Gasteiger partial charge in [-0.2, -0.15) is 0 Å². The van der Waals surface area contributed by atoms with Crippen LogP contribution >= 0.6 is 11.3 Å². The number of rotatable bonds is 4. The van der Waals surface area contributed by atoms with E-state index in [-0.39, 0.29) is 16.2 Å². The molecule has 128 valence electrons. The summed E-state index contributed by atoms with van der Waals surface area (Å²) >= 11 is 1.14. The Morgan fingerprint density at radius 3 is 2.39 bits per heavy atom. The topological polar surface area (TPSA) is 66.5 Å². The van der Waals surface area contributed by atoms with Gasteiger partial charge in [0.1, 0.15) is 4.21 Å². The van der Waals surface area contributed by atoms with Gasteiger partial charge in [-0.25, -0.2) is 13.1 Å². The van der Waals surface area contributed by atoms with Gasteiger partial charge in [-0.1, -0.05) is 25.7 Å². The zero-order chi connectivity index (χ0) is 16.3. The van der Waals surface area contributed by atoms with Crippen molar-refractivity contribution in [1.82, 2.24) is 9.62 Å². The van der Waals surface area contributed by atoms with Crippen LogP contribution in [0.1, 0.15) is 61.7 Å². The Balaban J connectivity index is 1.69. The fourth-order valence-electron chi connectivity index (χ4n) is 3.35. The number of amides is 1. The molecule has 0 spiro atoms. The van der Waals surface area contributed by atoms with E-state index < -0.39 is 10.0 Å². The lowest BCUT2D eigenvalue weighted by Crippen LogP contribution is -2.34. The average molecular weight is 357 g/mol. The summed E-state index contributed by atoms with van der Waals surface area (Å²) in [6.07, 6.45) is 8.41. The van der Waals surface area contributed by atoms with Crippen molar-refractivity contribution in [3.05, 3.63) is 17.0 Å². The van der Waals surface area contributed by atoms with E-state index in [0.29, 0.717) is 5.56 Å². The lowest BCUT2D eigenvalue weighted by atomic mass is 10.1. The molecule has 1 aliphatic heterocycles. The van der Waals surface area contributed by atoms with Crippen LogP contribution in [0.2, 0.25) is 0 Å². The van der Waals surface area contributed by atoms with Crippen LogP contribution in [-0.4, -0.2) is 38.4 Å². The van der Waals surface area contributed by atoms with Crippen LogP contribution in [0.5, 0.6) is 0 Å². The Bertz CT molecular complexity index is 640. The summed E-state index contributed by atoms with van der Waals surface area (Å²) in [7, 11) is -3.51. The van der Waals surface area contributed by atoms with Crippen molar-refractivity contribution < 1.29 is 13.2 Å². The second-order valence-electron chi connectivity index (χ2n) is 6.46. The molecule has 0 radical (unpaired) electrons. The highest BCUT2D eigenvalue weighted by Gasteiger charge is 2.26. The van der Waals surface area contributed by atoms with Crippen molar-refractivity contribution in [1.29, 1.82) is 0 Å². The van der Waals surface area contributed by atoms with Crippen LogP contribution in [0.15, 0.2) is 15.7 Å². The first-order valence-corrected chi connectivity index (χ1v) is 10.8. The molecule has 1 saturated carbocycles. The molecule has 0 aromatic carbocycles. The van der Waals surface area contributed by atoms with Gasteiger partial charge in [0.05, 0.1) is 5.56 Å². The molecule has 2 heterocycles. The zero-order valence-corrected chi connectivity index (χ0v) is 14.9. The van der Waals surface area contributed by atoms with E-state index in [4.69, 9.17) is 0 Å². The third-order valence-corrected chi connectivity index (χ3v) is 7.62. The van der Waals surface area contributed by atoms with Gasteiger partial charge in [0.15, 0.2) is 0 Å². The summed E-state index contributed by atoms with van der Waals surface area (Å²) in [5.74, 6) is -0.0466. The van der Waals surface area contributed by atoms with Gasteiger partial charge in [0.2, 0.25) is 10.0 Å². The van der Waals surface area contributed by atoms with Gasteiger partial charge >= 0.3 is 0 Å². The van der Waals surface area contributed by atoms with E-state index in [1.807, 2.05) is 0 Å². The van der Waals surface area contributed by atoms with Gasteiger partial charge in [-0.3, -0.25) is 4.79 Å². The minimum atomic E-state index is -3.51. The maximum Gasteiger partial charge on any atom is 0.254 e. The summed E-state index contributed by atoms with van der Waals surface area (Å²) in [5.41, 5.74) is 0.498. The number of nitrogens with zero attached hydrogens (tertiary/aromatic N) is 1. The molecule has 2 fully saturated rings. The highest BCUT2D eigenvalue weighted by Crippen LogP contribution is 2.25. The fourth-order valence-corrected chi connectivity index (χ4v) is 5.82. The van der Waals surface area contributed by atoms with Gasteiger partial charge < -0.3 is 4.90 Å². The summed E-state index contributed by atoms with van der Waals surface area (Å²) in [4.78, 5) is 14.1. The minimum Gasteiger partial charge on any atom is -0.339 e. The average Bonchev–Trinajstić information content (AvgIpc) is 3.16.